The van der Waals surface area contributed by atoms with E-state index in [1.165, 1.54) is 16.7 Å². The van der Waals surface area contributed by atoms with Crippen molar-refractivity contribution in [2.45, 2.75) is 20.8 Å². The van der Waals surface area contributed by atoms with Crippen molar-refractivity contribution in [1.29, 1.82) is 0 Å². The van der Waals surface area contributed by atoms with Crippen molar-refractivity contribution in [2.24, 2.45) is 0 Å². The van der Waals surface area contributed by atoms with Crippen LogP contribution in [0, 0.1) is 20.8 Å². The first kappa shape index (κ1) is 16.0. The lowest BCUT2D eigenvalue weighted by atomic mass is 9.95. The number of carbonyl (C=O) groups is 1. The molecule has 2 nitrogen and oxygen atoms in total. The number of pyridine rings is 1. The summed E-state index contributed by atoms with van der Waals surface area (Å²) in [5, 5.41) is 2.01. The number of fused-ring (bicyclic) bond motifs is 5. The topological polar surface area (TPSA) is 30.0 Å². The fourth-order valence-electron chi connectivity index (χ4n) is 4.28. The first-order valence-electron chi connectivity index (χ1n) is 9.19. The maximum Gasteiger partial charge on any atom is 0.194 e. The van der Waals surface area contributed by atoms with Gasteiger partial charge in [0.1, 0.15) is 0 Å². The first-order chi connectivity index (χ1) is 13.0. The predicted octanol–water partition coefficient (Wildman–Crippen LogP) is 6.04. The summed E-state index contributed by atoms with van der Waals surface area (Å²) < 4.78 is 0. The molecule has 0 atom stereocenters. The second-order valence-electron chi connectivity index (χ2n) is 7.50. The molecule has 1 aliphatic carbocycles. The summed E-state index contributed by atoms with van der Waals surface area (Å²) in [5.41, 5.74) is 9.30. The standard InChI is InChI=1S/C25H19NO/c1-14-4-5-21-22(13-14)18-6-7-20-19(23(18)25(21)27)8-9-26-24(20)17-11-15(2)10-16(3)12-17/h4-13H,1-3H3. The highest BCUT2D eigenvalue weighted by Crippen LogP contribution is 2.42. The molecule has 4 aromatic rings. The predicted molar refractivity (Wildman–Crippen MR) is 110 cm³/mol. The molecule has 0 radical (unpaired) electrons. The van der Waals surface area contributed by atoms with Crippen LogP contribution in [0.2, 0.25) is 0 Å². The molecule has 0 saturated heterocycles. The number of carbonyl (C=O) groups excluding carboxylic acids is 1. The van der Waals surface area contributed by atoms with Gasteiger partial charge in [0.15, 0.2) is 5.78 Å². The molecule has 0 amide bonds. The molecule has 130 valence electrons. The average Bonchev–Trinajstić information content (AvgIpc) is 2.92. The molecule has 0 saturated carbocycles. The van der Waals surface area contributed by atoms with E-state index in [0.29, 0.717) is 0 Å². The quantitative estimate of drug-likeness (QED) is 0.369. The molecule has 0 spiro atoms. The van der Waals surface area contributed by atoms with Crippen molar-refractivity contribution >= 4 is 16.6 Å². The van der Waals surface area contributed by atoms with E-state index in [0.717, 1.165) is 44.3 Å². The minimum Gasteiger partial charge on any atom is -0.289 e. The Balaban J connectivity index is 1.82. The zero-order valence-electron chi connectivity index (χ0n) is 15.6. The molecule has 1 aromatic heterocycles. The monoisotopic (exact) mass is 349 g/mol. The first-order valence-corrected chi connectivity index (χ1v) is 9.19. The molecule has 5 rings (SSSR count). The van der Waals surface area contributed by atoms with Crippen molar-refractivity contribution < 1.29 is 4.79 Å². The SMILES string of the molecule is Cc1cc(C)cc(-c2nccc3c4c(ccc23)-c2cc(C)ccc2C4=O)c1. The lowest BCUT2D eigenvalue weighted by molar-refractivity contribution is 0.104. The third kappa shape index (κ3) is 2.33. The van der Waals surface area contributed by atoms with Crippen molar-refractivity contribution in [1.82, 2.24) is 4.98 Å². The summed E-state index contributed by atoms with van der Waals surface area (Å²) in [6.07, 6.45) is 1.82. The third-order valence-corrected chi connectivity index (χ3v) is 5.38. The molecular formula is C25H19NO. The van der Waals surface area contributed by atoms with Gasteiger partial charge >= 0.3 is 0 Å². The van der Waals surface area contributed by atoms with E-state index >= 15 is 0 Å². The Morgan fingerprint density at radius 3 is 2.19 bits per heavy atom. The lowest BCUT2D eigenvalue weighted by Crippen LogP contribution is -1.97. The Morgan fingerprint density at radius 2 is 1.41 bits per heavy atom. The molecule has 2 heteroatoms. The van der Waals surface area contributed by atoms with Gasteiger partial charge in [0, 0.05) is 28.3 Å². The molecule has 0 unspecified atom stereocenters. The van der Waals surface area contributed by atoms with E-state index in [1.807, 2.05) is 24.4 Å². The number of ketones is 1. The molecule has 27 heavy (non-hydrogen) atoms. The van der Waals surface area contributed by atoms with Gasteiger partial charge in [-0.05, 0) is 55.5 Å². The lowest BCUT2D eigenvalue weighted by Gasteiger charge is -2.11. The molecule has 0 fully saturated rings. The van der Waals surface area contributed by atoms with Crippen molar-refractivity contribution in [3.63, 3.8) is 0 Å². The van der Waals surface area contributed by atoms with Crippen LogP contribution in [0.25, 0.3) is 33.2 Å². The second-order valence-corrected chi connectivity index (χ2v) is 7.50. The molecule has 1 heterocycles. The smallest absolute Gasteiger partial charge is 0.194 e. The fourth-order valence-corrected chi connectivity index (χ4v) is 4.28. The van der Waals surface area contributed by atoms with Gasteiger partial charge < -0.3 is 0 Å². The van der Waals surface area contributed by atoms with Gasteiger partial charge in [0.25, 0.3) is 0 Å². The number of hydrogen-bond acceptors (Lipinski definition) is 2. The zero-order valence-corrected chi connectivity index (χ0v) is 15.6. The Labute approximate surface area is 158 Å². The molecule has 1 aliphatic rings. The highest BCUT2D eigenvalue weighted by molar-refractivity contribution is 6.28. The summed E-state index contributed by atoms with van der Waals surface area (Å²) in [4.78, 5) is 17.8. The summed E-state index contributed by atoms with van der Waals surface area (Å²) in [6, 6.07) is 18.7. The van der Waals surface area contributed by atoms with Crippen LogP contribution in [0.1, 0.15) is 32.6 Å². The Hall–Kier alpha value is -3.26. The van der Waals surface area contributed by atoms with Gasteiger partial charge in [0.05, 0.1) is 5.69 Å². The molecule has 0 bridgehead atoms. The van der Waals surface area contributed by atoms with E-state index in [2.05, 4.69) is 62.2 Å². The summed E-state index contributed by atoms with van der Waals surface area (Å²) in [7, 11) is 0. The van der Waals surface area contributed by atoms with Crippen LogP contribution in [-0.2, 0) is 0 Å². The number of nitrogens with zero attached hydrogens (tertiary/aromatic N) is 1. The van der Waals surface area contributed by atoms with Crippen molar-refractivity contribution in [3.05, 3.63) is 88.6 Å². The van der Waals surface area contributed by atoms with E-state index in [1.54, 1.807) is 0 Å². The number of benzene rings is 3. The third-order valence-electron chi connectivity index (χ3n) is 5.38. The van der Waals surface area contributed by atoms with Crippen LogP contribution in [0.3, 0.4) is 0 Å². The van der Waals surface area contributed by atoms with Gasteiger partial charge in [-0.15, -0.1) is 0 Å². The van der Waals surface area contributed by atoms with Crippen LogP contribution in [0.5, 0.6) is 0 Å². The van der Waals surface area contributed by atoms with Crippen LogP contribution in [0.4, 0.5) is 0 Å². The van der Waals surface area contributed by atoms with Gasteiger partial charge in [-0.3, -0.25) is 9.78 Å². The fraction of sp³-hybridized carbons (Fsp3) is 0.120. The maximum atomic E-state index is 13.1. The summed E-state index contributed by atoms with van der Waals surface area (Å²) in [5.74, 6) is 0.114. The van der Waals surface area contributed by atoms with Crippen LogP contribution >= 0.6 is 0 Å². The van der Waals surface area contributed by atoms with E-state index in [9.17, 15) is 4.79 Å². The number of rotatable bonds is 1. The van der Waals surface area contributed by atoms with Crippen molar-refractivity contribution in [3.8, 4) is 22.4 Å². The molecular weight excluding hydrogens is 330 g/mol. The van der Waals surface area contributed by atoms with Gasteiger partial charge in [-0.25, -0.2) is 0 Å². The largest absolute Gasteiger partial charge is 0.289 e. The van der Waals surface area contributed by atoms with Crippen LogP contribution in [0.15, 0.2) is 60.8 Å². The van der Waals surface area contributed by atoms with E-state index < -0.39 is 0 Å². The molecule has 0 N–H and O–H groups in total. The number of aryl methyl sites for hydroxylation is 3. The zero-order chi connectivity index (χ0) is 18.7. The van der Waals surface area contributed by atoms with Gasteiger partial charge in [0.2, 0.25) is 0 Å². The highest BCUT2D eigenvalue weighted by atomic mass is 16.1. The minimum atomic E-state index is 0.114. The Bertz CT molecular complexity index is 1250. The minimum absolute atomic E-state index is 0.114. The van der Waals surface area contributed by atoms with Gasteiger partial charge in [-0.2, -0.15) is 0 Å². The molecule has 0 aliphatic heterocycles. The second kappa shape index (κ2) is 5.62. The summed E-state index contributed by atoms with van der Waals surface area (Å²) >= 11 is 0. The number of aromatic nitrogens is 1. The van der Waals surface area contributed by atoms with Gasteiger partial charge in [-0.1, -0.05) is 53.1 Å². The normalized spacial score (nSPS) is 12.3. The van der Waals surface area contributed by atoms with E-state index in [4.69, 9.17) is 0 Å². The Kier molecular flexibility index (Phi) is 3.32. The van der Waals surface area contributed by atoms with Crippen molar-refractivity contribution in [2.75, 3.05) is 0 Å². The van der Waals surface area contributed by atoms with Crippen LogP contribution in [-0.4, -0.2) is 10.8 Å². The van der Waals surface area contributed by atoms with E-state index in [-0.39, 0.29) is 5.78 Å². The molecule has 3 aromatic carbocycles. The number of hydrogen-bond donors (Lipinski definition) is 0. The Morgan fingerprint density at radius 1 is 0.667 bits per heavy atom. The maximum absolute atomic E-state index is 13.1. The average molecular weight is 349 g/mol. The summed E-state index contributed by atoms with van der Waals surface area (Å²) in [6.45, 7) is 6.26. The van der Waals surface area contributed by atoms with Crippen LogP contribution < -0.4 is 0 Å². The highest BCUT2D eigenvalue weighted by Gasteiger charge is 2.29.